The second-order valence-electron chi connectivity index (χ2n) is 23.6. The van der Waals surface area contributed by atoms with Gasteiger partial charge in [0, 0.05) is 78.3 Å². The number of carbonyl (C=O) groups is 4. The van der Waals surface area contributed by atoms with Gasteiger partial charge in [0.15, 0.2) is 0 Å². The molecule has 0 aromatic rings. The van der Waals surface area contributed by atoms with E-state index in [2.05, 4.69) is 58.6 Å². The number of amides is 4. The summed E-state index contributed by atoms with van der Waals surface area (Å²) in [7, 11) is 0. The van der Waals surface area contributed by atoms with E-state index in [4.69, 9.17) is 18.9 Å². The summed E-state index contributed by atoms with van der Waals surface area (Å²) in [5.74, 6) is -0.241. The van der Waals surface area contributed by atoms with Gasteiger partial charge in [-0.3, -0.25) is 29.0 Å². The van der Waals surface area contributed by atoms with E-state index >= 15 is 0 Å². The average molecular weight is 1130 g/mol. The van der Waals surface area contributed by atoms with Crippen molar-refractivity contribution in [3.05, 3.63) is 24.3 Å². The fourth-order valence-electron chi connectivity index (χ4n) is 11.0. The first-order valence-corrected chi connectivity index (χ1v) is 33.3. The maximum atomic E-state index is 13.9. The monoisotopic (exact) mass is 1130 g/mol. The highest BCUT2D eigenvalue weighted by molar-refractivity contribution is 5.88. The molecule has 0 bridgehead atoms. The third-order valence-corrected chi connectivity index (χ3v) is 15.8. The summed E-state index contributed by atoms with van der Waals surface area (Å²) in [6.07, 6.45) is 43.5. The summed E-state index contributed by atoms with van der Waals surface area (Å²) >= 11 is 0. The number of hydrogen-bond donors (Lipinski definition) is 2. The van der Waals surface area contributed by atoms with Crippen LogP contribution < -0.4 is 10.6 Å². The van der Waals surface area contributed by atoms with E-state index in [1.807, 2.05) is 37.5 Å². The van der Waals surface area contributed by atoms with Gasteiger partial charge in [-0.25, -0.2) is 0 Å². The first kappa shape index (κ1) is 73.2. The molecular weight excluding hydrogens is 1000 g/mol. The molecule has 2 N–H and O–H groups in total. The standard InChI is InChI=1S/C66H124N6O8/c1-7-9-11-13-15-17-19-21-23-25-27-29-31-33-35-39-61(73)71(45-37-43-69-47-53-79-54-48-69)63(59(3)4)65(75)67-41-51-77-57-58-78-52-42-68-66(76)64(60(5)6)72(46-38-44-70-49-55-80-56-50-70)62(74)40-36-34-32-30-28-26-24-22-20-18-16-14-12-10-8-2/h21-24,59-60,63-64H,7-20,25-58H2,1-6H3,(H,67,75)(H,68,76)/b23-21-,24-22-. The van der Waals surface area contributed by atoms with Crippen LogP contribution in [0, 0.1) is 11.8 Å². The quantitative estimate of drug-likeness (QED) is 0.0446. The van der Waals surface area contributed by atoms with Crippen LogP contribution in [0.5, 0.6) is 0 Å². The molecule has 2 aliphatic heterocycles. The number of nitrogens with one attached hydrogen (secondary N) is 2. The van der Waals surface area contributed by atoms with Crippen molar-refractivity contribution in [1.29, 1.82) is 0 Å². The fourth-order valence-corrected chi connectivity index (χ4v) is 11.0. The lowest BCUT2D eigenvalue weighted by Gasteiger charge is -2.35. The first-order chi connectivity index (χ1) is 39.1. The number of rotatable bonds is 53. The van der Waals surface area contributed by atoms with Crippen LogP contribution in [-0.4, -0.2) is 174 Å². The molecule has 2 aliphatic rings. The molecule has 2 fully saturated rings. The molecule has 2 saturated heterocycles. The van der Waals surface area contributed by atoms with Gasteiger partial charge in [0.1, 0.15) is 12.1 Å². The molecule has 80 heavy (non-hydrogen) atoms. The molecule has 14 heteroatoms. The maximum Gasteiger partial charge on any atom is 0.243 e. The van der Waals surface area contributed by atoms with Crippen LogP contribution in [0.1, 0.15) is 234 Å². The highest BCUT2D eigenvalue weighted by Crippen LogP contribution is 2.20. The normalized spacial score (nSPS) is 15.3. The smallest absolute Gasteiger partial charge is 0.243 e. The van der Waals surface area contributed by atoms with Gasteiger partial charge in [0.2, 0.25) is 23.6 Å². The van der Waals surface area contributed by atoms with Gasteiger partial charge in [-0.15, -0.1) is 0 Å². The van der Waals surface area contributed by atoms with Gasteiger partial charge in [-0.05, 0) is 88.9 Å². The van der Waals surface area contributed by atoms with Crippen molar-refractivity contribution in [2.45, 2.75) is 246 Å². The molecule has 0 radical (unpaired) electrons. The van der Waals surface area contributed by atoms with Crippen LogP contribution in [0.2, 0.25) is 0 Å². The van der Waals surface area contributed by atoms with E-state index in [0.29, 0.717) is 65.4 Å². The van der Waals surface area contributed by atoms with Crippen LogP contribution >= 0.6 is 0 Å². The Morgan fingerprint density at radius 3 is 1.07 bits per heavy atom. The van der Waals surface area contributed by atoms with E-state index in [0.717, 1.165) is 130 Å². The van der Waals surface area contributed by atoms with Crippen LogP contribution in [0.25, 0.3) is 0 Å². The predicted molar refractivity (Wildman–Crippen MR) is 331 cm³/mol. The lowest BCUT2D eigenvalue weighted by molar-refractivity contribution is -0.142. The lowest BCUT2D eigenvalue weighted by atomic mass is 9.99. The van der Waals surface area contributed by atoms with Crippen molar-refractivity contribution in [3.8, 4) is 0 Å². The van der Waals surface area contributed by atoms with E-state index in [-0.39, 0.29) is 35.5 Å². The van der Waals surface area contributed by atoms with Crippen molar-refractivity contribution >= 4 is 23.6 Å². The summed E-state index contributed by atoms with van der Waals surface area (Å²) in [6, 6.07) is -1.11. The number of carbonyl (C=O) groups excluding carboxylic acids is 4. The molecule has 2 unspecified atom stereocenters. The fraction of sp³-hybridized carbons (Fsp3) is 0.879. The average Bonchev–Trinajstić information content (AvgIpc) is 3.47. The molecular formula is C66H124N6O8. The SMILES string of the molecule is CCCCCCCC/C=C\CCCCCCCC(=O)N(CCCN1CCOCC1)C(C(=O)NCCOCCOCCNC(=O)C(C(C)C)N(CCCN1CCOCC1)C(=O)CCCCCCC/C=C\CCCCCCCC)C(C)C. The highest BCUT2D eigenvalue weighted by Gasteiger charge is 2.33. The predicted octanol–water partition coefficient (Wildman–Crippen LogP) is 12.5. The summed E-state index contributed by atoms with van der Waals surface area (Å²) in [5.41, 5.74) is 0. The summed E-state index contributed by atoms with van der Waals surface area (Å²) in [6.45, 7) is 24.0. The number of allylic oxidation sites excluding steroid dienone is 4. The summed E-state index contributed by atoms with van der Waals surface area (Å²) in [4.78, 5) is 64.0. The second kappa shape index (κ2) is 51.7. The van der Waals surface area contributed by atoms with Crippen LogP contribution in [0.4, 0.5) is 0 Å². The van der Waals surface area contributed by atoms with Crippen LogP contribution in [0.15, 0.2) is 24.3 Å². The Morgan fingerprint density at radius 1 is 0.438 bits per heavy atom. The topological polar surface area (TPSA) is 142 Å². The van der Waals surface area contributed by atoms with Crippen molar-refractivity contribution in [2.75, 3.05) is 118 Å². The largest absolute Gasteiger partial charge is 0.379 e. The van der Waals surface area contributed by atoms with Crippen LogP contribution in [0.3, 0.4) is 0 Å². The van der Waals surface area contributed by atoms with Crippen molar-refractivity contribution in [2.24, 2.45) is 11.8 Å². The molecule has 0 aromatic carbocycles. The zero-order valence-corrected chi connectivity index (χ0v) is 52.6. The number of hydrogen-bond acceptors (Lipinski definition) is 10. The first-order valence-electron chi connectivity index (χ1n) is 33.3. The van der Waals surface area contributed by atoms with E-state index in [1.165, 1.54) is 116 Å². The Bertz CT molecular complexity index is 1440. The molecule has 0 saturated carbocycles. The zero-order chi connectivity index (χ0) is 57.9. The molecule has 2 heterocycles. The molecule has 0 aliphatic carbocycles. The minimum Gasteiger partial charge on any atom is -0.379 e. The molecule has 466 valence electrons. The molecule has 14 nitrogen and oxygen atoms in total. The van der Waals surface area contributed by atoms with Gasteiger partial charge >= 0.3 is 0 Å². The molecule has 2 rings (SSSR count). The molecule has 0 aromatic heterocycles. The number of unbranched alkanes of at least 4 members (excludes halogenated alkanes) is 22. The second-order valence-corrected chi connectivity index (χ2v) is 23.6. The van der Waals surface area contributed by atoms with Gasteiger partial charge in [0.05, 0.1) is 52.9 Å². The molecule has 0 spiro atoms. The van der Waals surface area contributed by atoms with Crippen LogP contribution in [-0.2, 0) is 38.1 Å². The maximum absolute atomic E-state index is 13.9. The molecule has 4 amide bonds. The number of nitrogens with zero attached hydrogens (tertiary/aromatic N) is 4. The number of ether oxygens (including phenoxy) is 4. The Balaban J connectivity index is 1.76. The minimum absolute atomic E-state index is 0.0482. The van der Waals surface area contributed by atoms with Crippen molar-refractivity contribution in [3.63, 3.8) is 0 Å². The number of morpholine rings is 2. The highest BCUT2D eigenvalue weighted by atomic mass is 16.5. The van der Waals surface area contributed by atoms with Gasteiger partial charge < -0.3 is 39.4 Å². The Kier molecular flexibility index (Phi) is 47.4. The Hall–Kier alpha value is -2.88. The van der Waals surface area contributed by atoms with E-state index in [9.17, 15) is 19.2 Å². The molecule has 2 atom stereocenters. The van der Waals surface area contributed by atoms with E-state index < -0.39 is 12.1 Å². The minimum atomic E-state index is -0.554. The van der Waals surface area contributed by atoms with Crippen molar-refractivity contribution < 1.29 is 38.1 Å². The van der Waals surface area contributed by atoms with Gasteiger partial charge in [-0.2, -0.15) is 0 Å². The lowest BCUT2D eigenvalue weighted by Crippen LogP contribution is -2.53. The third-order valence-electron chi connectivity index (χ3n) is 15.8. The Labute approximate surface area is 490 Å². The summed E-state index contributed by atoms with van der Waals surface area (Å²) < 4.78 is 22.8. The van der Waals surface area contributed by atoms with Gasteiger partial charge in [0.25, 0.3) is 0 Å². The van der Waals surface area contributed by atoms with E-state index in [1.54, 1.807) is 0 Å². The Morgan fingerprint density at radius 2 is 0.750 bits per heavy atom. The van der Waals surface area contributed by atoms with Gasteiger partial charge in [-0.1, -0.05) is 169 Å². The summed E-state index contributed by atoms with van der Waals surface area (Å²) in [5, 5.41) is 6.14. The zero-order valence-electron chi connectivity index (χ0n) is 52.6. The third kappa shape index (κ3) is 38.1. The van der Waals surface area contributed by atoms with Crippen molar-refractivity contribution in [1.82, 2.24) is 30.2 Å².